The average molecular weight is 649 g/mol. The first-order chi connectivity index (χ1) is 21.7. The monoisotopic (exact) mass is 648 g/mol. The lowest BCUT2D eigenvalue weighted by Crippen LogP contribution is -2.60. The van der Waals surface area contributed by atoms with Crippen LogP contribution in [-0.4, -0.2) is 110 Å². The first kappa shape index (κ1) is 33.3. The number of ether oxygens (including phenoxy) is 4. The van der Waals surface area contributed by atoms with E-state index in [9.17, 15) is 35.4 Å². The van der Waals surface area contributed by atoms with Crippen molar-refractivity contribution in [1.82, 2.24) is 0 Å². The normalized spacial score (nSPS) is 51.1. The van der Waals surface area contributed by atoms with Gasteiger partial charge in [-0.05, 0) is 85.7 Å². The van der Waals surface area contributed by atoms with E-state index in [-0.39, 0.29) is 40.7 Å². The van der Waals surface area contributed by atoms with Gasteiger partial charge in [0.05, 0.1) is 24.9 Å². The lowest BCUT2D eigenvalue weighted by molar-refractivity contribution is -0.315. The van der Waals surface area contributed by atoms with Crippen LogP contribution in [0.25, 0.3) is 0 Å². The summed E-state index contributed by atoms with van der Waals surface area (Å²) in [6.07, 6.45) is -0.926. The maximum Gasteiger partial charge on any atom is 0.186 e. The van der Waals surface area contributed by atoms with Crippen LogP contribution >= 0.6 is 0 Å². The minimum atomic E-state index is -1.74. The molecule has 258 valence electrons. The zero-order valence-corrected chi connectivity index (χ0v) is 27.5. The van der Waals surface area contributed by atoms with Gasteiger partial charge in [-0.2, -0.15) is 0 Å². The molecule has 3 saturated heterocycles. The number of ketones is 1. The highest BCUT2D eigenvalue weighted by Gasteiger charge is 2.69. The summed E-state index contributed by atoms with van der Waals surface area (Å²) >= 11 is 0. The Labute approximate surface area is 270 Å². The predicted octanol–water partition coefficient (Wildman–Crippen LogP) is 1.50. The van der Waals surface area contributed by atoms with Crippen molar-refractivity contribution in [3.8, 4) is 0 Å². The van der Waals surface area contributed by atoms with Crippen LogP contribution in [0.4, 0.5) is 0 Å². The summed E-state index contributed by atoms with van der Waals surface area (Å²) in [7, 11) is 0. The molecule has 3 heterocycles. The van der Waals surface area contributed by atoms with Crippen molar-refractivity contribution in [2.75, 3.05) is 6.61 Å². The van der Waals surface area contributed by atoms with Crippen molar-refractivity contribution in [3.05, 3.63) is 22.8 Å². The number of carbonyl (C=O) groups excluding carboxylic acids is 1. The van der Waals surface area contributed by atoms with Crippen LogP contribution in [0.2, 0.25) is 0 Å². The summed E-state index contributed by atoms with van der Waals surface area (Å²) < 4.78 is 24.5. The van der Waals surface area contributed by atoms with Crippen LogP contribution in [0, 0.1) is 34.5 Å². The zero-order chi connectivity index (χ0) is 33.1. The number of aliphatic hydroxyl groups is 6. The van der Waals surface area contributed by atoms with Crippen molar-refractivity contribution in [2.45, 2.75) is 147 Å². The van der Waals surface area contributed by atoms with Crippen LogP contribution in [0.1, 0.15) is 79.6 Å². The lowest BCUT2D eigenvalue weighted by Gasteiger charge is -2.54. The molecule has 4 aliphatic carbocycles. The van der Waals surface area contributed by atoms with Gasteiger partial charge in [-0.15, -0.1) is 0 Å². The summed E-state index contributed by atoms with van der Waals surface area (Å²) in [4.78, 5) is 12.7. The van der Waals surface area contributed by atoms with Gasteiger partial charge in [-0.25, -0.2) is 0 Å². The minimum Gasteiger partial charge on any atom is -0.394 e. The highest BCUT2D eigenvalue weighted by Crippen LogP contribution is 2.67. The van der Waals surface area contributed by atoms with E-state index in [1.807, 2.05) is 0 Å². The molecule has 0 aromatic rings. The lowest BCUT2D eigenvalue weighted by atomic mass is 9.51. The van der Waals surface area contributed by atoms with Gasteiger partial charge in [0, 0.05) is 11.8 Å². The number of carbonyl (C=O) groups is 1. The molecule has 7 rings (SSSR count). The van der Waals surface area contributed by atoms with Gasteiger partial charge in [-0.1, -0.05) is 39.3 Å². The third kappa shape index (κ3) is 4.57. The van der Waals surface area contributed by atoms with E-state index in [2.05, 4.69) is 19.9 Å². The second-order valence-corrected chi connectivity index (χ2v) is 16.0. The van der Waals surface area contributed by atoms with E-state index < -0.39 is 67.3 Å². The van der Waals surface area contributed by atoms with E-state index >= 15 is 0 Å². The van der Waals surface area contributed by atoms with Gasteiger partial charge in [0.15, 0.2) is 24.0 Å². The SMILES string of the molecule is CC(=O)[C@@](O)(C(C)C)[C@H]1O[C@H](O)[C@@H]2[C@H]1O[C@H]1C=C3C4=C(CC[C@]3(C)[C@@H]21)[C@@]1(C)CC[C@H](O[C@@H]2O[C@H](CO)[C@@H](O)[C@H](O)[C@H]2O)CC1CC4. The molecule has 0 bridgehead atoms. The molecule has 1 saturated carbocycles. The van der Waals surface area contributed by atoms with E-state index in [0.29, 0.717) is 5.92 Å². The number of rotatable bonds is 6. The highest BCUT2D eigenvalue weighted by molar-refractivity contribution is 5.86. The first-order valence-corrected chi connectivity index (χ1v) is 17.3. The number of hydrogen-bond acceptors (Lipinski definition) is 11. The molecule has 7 aliphatic rings. The van der Waals surface area contributed by atoms with Crippen LogP contribution in [0.15, 0.2) is 22.8 Å². The smallest absolute Gasteiger partial charge is 0.186 e. The Kier molecular flexibility index (Phi) is 8.24. The number of allylic oxidation sites excluding steroid dienone is 3. The molecular formula is C35H52O11. The molecule has 0 aromatic carbocycles. The van der Waals surface area contributed by atoms with Crippen molar-refractivity contribution >= 4 is 5.78 Å². The van der Waals surface area contributed by atoms with Gasteiger partial charge in [0.25, 0.3) is 0 Å². The zero-order valence-electron chi connectivity index (χ0n) is 27.5. The number of aliphatic hydroxyl groups excluding tert-OH is 5. The van der Waals surface area contributed by atoms with Crippen molar-refractivity contribution in [2.24, 2.45) is 34.5 Å². The first-order valence-electron chi connectivity index (χ1n) is 17.3. The topological polar surface area (TPSA) is 175 Å². The molecule has 0 spiro atoms. The average Bonchev–Trinajstić information content (AvgIpc) is 3.64. The fourth-order valence-electron chi connectivity index (χ4n) is 10.8. The third-order valence-corrected chi connectivity index (χ3v) is 13.6. The molecular weight excluding hydrogens is 596 g/mol. The molecule has 46 heavy (non-hydrogen) atoms. The Morgan fingerprint density at radius 1 is 1.02 bits per heavy atom. The summed E-state index contributed by atoms with van der Waals surface area (Å²) in [5.74, 6) is -0.773. The van der Waals surface area contributed by atoms with Crippen LogP contribution in [0.3, 0.4) is 0 Å². The fraction of sp³-hybridized carbons (Fsp3) is 0.857. The molecule has 0 radical (unpaired) electrons. The highest BCUT2D eigenvalue weighted by atomic mass is 16.7. The molecule has 0 aromatic heterocycles. The van der Waals surface area contributed by atoms with Crippen molar-refractivity contribution in [3.63, 3.8) is 0 Å². The summed E-state index contributed by atoms with van der Waals surface area (Å²) in [5.41, 5.74) is 2.27. The minimum absolute atomic E-state index is 0.0115. The molecule has 4 fully saturated rings. The standard InChI is InChI=1S/C35H52O11/c1-15(2)35(42,16(3)37)30-29-24(31(41)46-30)25-22(44-29)13-21-19-7-6-17-12-18(8-10-33(17,4)20(19)9-11-34(21,25)5)43-32-28(40)27(39)26(38)23(14-36)45-32/h13,15,17-18,22-32,36,38-42H,6-12,14H2,1-5H3/t17?,18-,22-,23+,24-,25+,26+,27-,28+,29+,30-,31-,32+,33-,34-,35-/m0/s1. The summed E-state index contributed by atoms with van der Waals surface area (Å²) in [6, 6.07) is 0. The van der Waals surface area contributed by atoms with E-state index in [4.69, 9.17) is 18.9 Å². The Balaban J connectivity index is 1.10. The molecule has 3 aliphatic heterocycles. The second-order valence-electron chi connectivity index (χ2n) is 16.0. The van der Waals surface area contributed by atoms with Crippen molar-refractivity contribution < 1.29 is 54.4 Å². The van der Waals surface area contributed by atoms with Gasteiger partial charge in [0.2, 0.25) is 0 Å². The van der Waals surface area contributed by atoms with Gasteiger partial charge >= 0.3 is 0 Å². The maximum atomic E-state index is 12.7. The van der Waals surface area contributed by atoms with Crippen LogP contribution in [0.5, 0.6) is 0 Å². The van der Waals surface area contributed by atoms with Crippen molar-refractivity contribution in [1.29, 1.82) is 0 Å². The number of hydrogen-bond donors (Lipinski definition) is 6. The largest absolute Gasteiger partial charge is 0.394 e. The molecule has 0 amide bonds. The Morgan fingerprint density at radius 3 is 2.43 bits per heavy atom. The second kappa shape index (κ2) is 11.4. The van der Waals surface area contributed by atoms with Crippen LogP contribution in [-0.2, 0) is 23.7 Å². The Morgan fingerprint density at radius 2 is 1.76 bits per heavy atom. The quantitative estimate of drug-likeness (QED) is 0.246. The summed E-state index contributed by atoms with van der Waals surface area (Å²) in [6.45, 7) is 9.13. The molecule has 1 unspecified atom stereocenters. The Hall–Kier alpha value is -1.25. The summed E-state index contributed by atoms with van der Waals surface area (Å²) in [5, 5.41) is 63.2. The van der Waals surface area contributed by atoms with E-state index in [1.54, 1.807) is 13.8 Å². The molecule has 6 N–H and O–H groups in total. The molecule has 16 atom stereocenters. The maximum absolute atomic E-state index is 12.7. The van der Waals surface area contributed by atoms with Gasteiger partial charge in [0.1, 0.15) is 30.5 Å². The molecule has 11 nitrogen and oxygen atoms in total. The van der Waals surface area contributed by atoms with Gasteiger partial charge < -0.3 is 49.6 Å². The van der Waals surface area contributed by atoms with Gasteiger partial charge in [-0.3, -0.25) is 4.79 Å². The van der Waals surface area contributed by atoms with Crippen LogP contribution < -0.4 is 0 Å². The predicted molar refractivity (Wildman–Crippen MR) is 163 cm³/mol. The Bertz CT molecular complexity index is 1290. The fourth-order valence-corrected chi connectivity index (χ4v) is 10.8. The van der Waals surface area contributed by atoms with E-state index in [0.717, 1.165) is 44.9 Å². The van der Waals surface area contributed by atoms with E-state index in [1.165, 1.54) is 23.6 Å². The third-order valence-electron chi connectivity index (χ3n) is 13.6. The number of fused-ring (bicyclic) bond motifs is 8. The number of Topliss-reactive ketones (excluding diaryl/α,β-unsaturated/α-hetero) is 1. The molecule has 11 heteroatoms.